The molecule has 4 fully saturated rings. The Bertz CT molecular complexity index is 1930. The SMILES string of the molecule is CCCCN(CCCC)c1nc(-c2ccccc2)c(/C=C2\C(=O)N(N(C(C)=O)C(=O)C34CC5CC(CC(C5)C3)C4)C(=O)C(C(=O)N(C(C)=O)C(C)(C)C)=C2C)s1. The molecule has 7 rings (SSSR count). The monoisotopic (exact) mass is 783 g/mol. The Balaban J connectivity index is 1.54. The number of imide groups is 3. The van der Waals surface area contributed by atoms with Crippen LogP contribution < -0.4 is 4.90 Å². The van der Waals surface area contributed by atoms with Gasteiger partial charge >= 0.3 is 0 Å². The number of hydrazine groups is 1. The second-order valence-electron chi connectivity index (χ2n) is 17.4. The van der Waals surface area contributed by atoms with E-state index in [1.807, 2.05) is 30.3 Å². The first-order chi connectivity index (χ1) is 26.5. The molecule has 4 saturated carbocycles. The molecule has 1 aromatic heterocycles. The molecule has 0 spiro atoms. The first-order valence-corrected chi connectivity index (χ1v) is 21.2. The predicted octanol–water partition coefficient (Wildman–Crippen LogP) is 7.97. The summed E-state index contributed by atoms with van der Waals surface area (Å²) >= 11 is 1.41. The standard InChI is InChI=1S/C44H57N5O6S/c1-9-11-18-46(19-12-10-2)42-45-37(33-16-14-13-15-17-33)35(56-42)23-34-27(3)36(39(53)47(28(4)50)43(6,7)8)40(54)49(38(34)52)48(29(5)51)41(55)44-24-30-20-31(25-44)22-32(21-30)26-44/h13-17,23,30-32H,9-12,18-22,24-26H2,1-8H3/b34-23-. The molecule has 5 aliphatic rings. The summed E-state index contributed by atoms with van der Waals surface area (Å²) in [7, 11) is 0. The summed E-state index contributed by atoms with van der Waals surface area (Å²) in [5.41, 5.74) is -0.878. The fraction of sp³-hybridized carbons (Fsp3) is 0.568. The van der Waals surface area contributed by atoms with E-state index in [0.717, 1.165) is 73.6 Å². The highest BCUT2D eigenvalue weighted by atomic mass is 32.1. The lowest BCUT2D eigenvalue weighted by atomic mass is 9.49. The molecule has 11 nitrogen and oxygen atoms in total. The maximum absolute atomic E-state index is 15.0. The topological polar surface area (TPSA) is 128 Å². The Morgan fingerprint density at radius 3 is 1.91 bits per heavy atom. The zero-order chi connectivity index (χ0) is 40.7. The van der Waals surface area contributed by atoms with Crippen LogP contribution in [0.15, 0.2) is 47.1 Å². The summed E-state index contributed by atoms with van der Waals surface area (Å²) in [6.07, 6.45) is 10.5. The molecule has 0 radical (unpaired) electrons. The number of aromatic nitrogens is 1. The number of hydrogen-bond donors (Lipinski definition) is 0. The van der Waals surface area contributed by atoms with E-state index in [9.17, 15) is 24.0 Å². The highest BCUT2D eigenvalue weighted by Crippen LogP contribution is 2.60. The number of rotatable bonds is 12. The summed E-state index contributed by atoms with van der Waals surface area (Å²) < 4.78 is 0. The third-order valence-corrected chi connectivity index (χ3v) is 13.1. The highest BCUT2D eigenvalue weighted by Gasteiger charge is 2.58. The lowest BCUT2D eigenvalue weighted by Crippen LogP contribution is -2.64. The lowest BCUT2D eigenvalue weighted by Gasteiger charge is -2.56. The summed E-state index contributed by atoms with van der Waals surface area (Å²) in [4.78, 5) is 95.1. The Morgan fingerprint density at radius 2 is 1.43 bits per heavy atom. The average molecular weight is 784 g/mol. The molecule has 12 heteroatoms. The van der Waals surface area contributed by atoms with E-state index in [0.29, 0.717) is 57.6 Å². The molecule has 4 bridgehead atoms. The van der Waals surface area contributed by atoms with Crippen molar-refractivity contribution in [3.8, 4) is 11.3 Å². The minimum atomic E-state index is -1.10. The number of unbranched alkanes of at least 4 members (excludes halogenated alkanes) is 2. The third kappa shape index (κ3) is 7.78. The van der Waals surface area contributed by atoms with Crippen LogP contribution in [0, 0.1) is 23.2 Å². The molecule has 2 heterocycles. The Morgan fingerprint density at radius 1 is 0.875 bits per heavy atom. The van der Waals surface area contributed by atoms with Gasteiger partial charge in [0, 0.05) is 43.6 Å². The van der Waals surface area contributed by atoms with Crippen LogP contribution in [0.3, 0.4) is 0 Å². The van der Waals surface area contributed by atoms with E-state index in [1.54, 1.807) is 26.8 Å². The predicted molar refractivity (Wildman–Crippen MR) is 218 cm³/mol. The Hall–Kier alpha value is -4.45. The van der Waals surface area contributed by atoms with E-state index in [2.05, 4.69) is 18.7 Å². The number of thiazole rings is 1. The molecule has 1 aliphatic heterocycles. The number of carbonyl (C=O) groups is 6. The molecular formula is C44H57N5O6S. The van der Waals surface area contributed by atoms with Crippen LogP contribution in [0.4, 0.5) is 5.13 Å². The van der Waals surface area contributed by atoms with Crippen molar-refractivity contribution in [1.29, 1.82) is 0 Å². The van der Waals surface area contributed by atoms with Crippen molar-refractivity contribution in [3.05, 3.63) is 51.9 Å². The molecule has 300 valence electrons. The van der Waals surface area contributed by atoms with E-state index < -0.39 is 52.0 Å². The van der Waals surface area contributed by atoms with Crippen LogP contribution in [0.1, 0.15) is 124 Å². The van der Waals surface area contributed by atoms with Crippen LogP contribution in [0.2, 0.25) is 0 Å². The first kappa shape index (κ1) is 41.2. The maximum Gasteiger partial charge on any atom is 0.286 e. The third-order valence-electron chi connectivity index (χ3n) is 12.0. The van der Waals surface area contributed by atoms with Crippen LogP contribution in [-0.4, -0.2) is 74.0 Å². The molecule has 0 saturated heterocycles. The van der Waals surface area contributed by atoms with Crippen LogP contribution in [0.5, 0.6) is 0 Å². The van der Waals surface area contributed by atoms with Crippen molar-refractivity contribution in [2.24, 2.45) is 23.2 Å². The van der Waals surface area contributed by atoms with Gasteiger partial charge in [-0.2, -0.15) is 10.0 Å². The van der Waals surface area contributed by atoms with Gasteiger partial charge in [-0.1, -0.05) is 68.4 Å². The minimum Gasteiger partial charge on any atom is -0.348 e. The summed E-state index contributed by atoms with van der Waals surface area (Å²) in [6, 6.07) is 9.62. The molecule has 0 atom stereocenters. The number of nitrogens with zero attached hydrogens (tertiary/aromatic N) is 5. The molecule has 56 heavy (non-hydrogen) atoms. The van der Waals surface area contributed by atoms with Crippen molar-refractivity contribution in [2.45, 2.75) is 125 Å². The van der Waals surface area contributed by atoms with Crippen molar-refractivity contribution in [3.63, 3.8) is 0 Å². The van der Waals surface area contributed by atoms with Crippen molar-refractivity contribution in [1.82, 2.24) is 19.9 Å². The molecule has 0 N–H and O–H groups in total. The fourth-order valence-electron chi connectivity index (χ4n) is 9.86. The van der Waals surface area contributed by atoms with Crippen LogP contribution in [0.25, 0.3) is 17.3 Å². The van der Waals surface area contributed by atoms with Gasteiger partial charge in [-0.25, -0.2) is 4.98 Å². The van der Waals surface area contributed by atoms with Gasteiger partial charge in [0.05, 0.1) is 16.0 Å². The normalized spacial score (nSPS) is 23.9. The average Bonchev–Trinajstić information content (AvgIpc) is 3.54. The number of benzene rings is 1. The molecule has 1 aromatic carbocycles. The van der Waals surface area contributed by atoms with Gasteiger partial charge in [-0.15, -0.1) is 0 Å². The van der Waals surface area contributed by atoms with E-state index >= 15 is 4.79 Å². The largest absolute Gasteiger partial charge is 0.348 e. The minimum absolute atomic E-state index is 0.0315. The van der Waals surface area contributed by atoms with Crippen LogP contribution >= 0.6 is 11.3 Å². The smallest absolute Gasteiger partial charge is 0.286 e. The van der Waals surface area contributed by atoms with Crippen molar-refractivity contribution < 1.29 is 28.8 Å². The molecular weight excluding hydrogens is 727 g/mol. The number of hydrogen-bond acceptors (Lipinski definition) is 9. The first-order valence-electron chi connectivity index (χ1n) is 20.3. The van der Waals surface area contributed by atoms with Gasteiger partial charge in [-0.3, -0.25) is 33.7 Å². The summed E-state index contributed by atoms with van der Waals surface area (Å²) in [6.45, 7) is 14.9. The maximum atomic E-state index is 15.0. The van der Waals surface area contributed by atoms with Crippen molar-refractivity contribution in [2.75, 3.05) is 18.0 Å². The zero-order valence-electron chi connectivity index (χ0n) is 34.3. The second-order valence-corrected chi connectivity index (χ2v) is 18.4. The lowest BCUT2D eigenvalue weighted by molar-refractivity contribution is -0.188. The summed E-state index contributed by atoms with van der Waals surface area (Å²) in [5.74, 6) is -3.78. The molecule has 0 unspecified atom stereocenters. The zero-order valence-corrected chi connectivity index (χ0v) is 35.1. The van der Waals surface area contributed by atoms with Crippen LogP contribution in [-0.2, 0) is 28.8 Å². The Labute approximate surface area is 335 Å². The van der Waals surface area contributed by atoms with Gasteiger partial charge in [0.15, 0.2) is 5.13 Å². The second kappa shape index (κ2) is 16.2. The number of carbonyl (C=O) groups excluding carboxylic acids is 6. The van der Waals surface area contributed by atoms with Gasteiger partial charge in [-0.05, 0) is 108 Å². The number of amides is 6. The van der Waals surface area contributed by atoms with E-state index in [-0.39, 0.29) is 11.1 Å². The molecule has 6 amide bonds. The van der Waals surface area contributed by atoms with Gasteiger partial charge < -0.3 is 4.90 Å². The Kier molecular flexibility index (Phi) is 11.9. The van der Waals surface area contributed by atoms with E-state index in [1.165, 1.54) is 32.1 Å². The van der Waals surface area contributed by atoms with Gasteiger partial charge in [0.25, 0.3) is 23.6 Å². The molecule has 2 aromatic rings. The quantitative estimate of drug-likeness (QED) is 0.121. The van der Waals surface area contributed by atoms with Crippen molar-refractivity contribution >= 4 is 58.0 Å². The van der Waals surface area contributed by atoms with Gasteiger partial charge in [0.1, 0.15) is 5.57 Å². The number of anilines is 1. The molecule has 4 aliphatic carbocycles. The highest BCUT2D eigenvalue weighted by molar-refractivity contribution is 7.17. The van der Waals surface area contributed by atoms with E-state index in [4.69, 9.17) is 4.98 Å². The van der Waals surface area contributed by atoms with Gasteiger partial charge in [0.2, 0.25) is 11.8 Å². The summed E-state index contributed by atoms with van der Waals surface area (Å²) in [5, 5.41) is 2.09. The fourth-order valence-corrected chi connectivity index (χ4v) is 10.9.